The number of aromatic nitrogens is 1. The zero-order valence-electron chi connectivity index (χ0n) is 10.4. The van der Waals surface area contributed by atoms with Crippen LogP contribution in [0, 0.1) is 0 Å². The number of H-pyrrole nitrogens is 1. The number of rotatable bonds is 2. The highest BCUT2D eigenvalue weighted by Gasteiger charge is 2.33. The van der Waals surface area contributed by atoms with Gasteiger partial charge in [0.1, 0.15) is 5.69 Å². The molecule has 4 N–H and O–H groups in total. The number of nitrogen functional groups attached to an aromatic ring is 1. The summed E-state index contributed by atoms with van der Waals surface area (Å²) in [5, 5.41) is 4.05. The quantitative estimate of drug-likeness (QED) is 0.709. The summed E-state index contributed by atoms with van der Waals surface area (Å²) in [6, 6.07) is 7.44. The molecule has 1 aromatic heterocycles. The van der Waals surface area contributed by atoms with Crippen molar-refractivity contribution in [3.8, 4) is 0 Å². The van der Waals surface area contributed by atoms with Crippen molar-refractivity contribution in [2.75, 3.05) is 5.73 Å². The number of nitrogens with one attached hydrogen (secondary N) is 2. The summed E-state index contributed by atoms with van der Waals surface area (Å²) in [6.07, 6.45) is 3.32. The number of benzene rings is 1. The number of hydrogen-bond donors (Lipinski definition) is 3. The van der Waals surface area contributed by atoms with Crippen LogP contribution in [0.2, 0.25) is 0 Å². The lowest BCUT2D eigenvalue weighted by atomic mass is 9.78. The second-order valence-corrected chi connectivity index (χ2v) is 5.40. The molecule has 1 amide bonds. The van der Waals surface area contributed by atoms with Crippen molar-refractivity contribution in [1.82, 2.24) is 10.3 Å². The van der Waals surface area contributed by atoms with Crippen molar-refractivity contribution in [2.45, 2.75) is 31.7 Å². The first kappa shape index (κ1) is 11.1. The number of hydrogen-bond acceptors (Lipinski definition) is 2. The molecule has 1 saturated carbocycles. The van der Waals surface area contributed by atoms with Crippen LogP contribution < -0.4 is 11.1 Å². The van der Waals surface area contributed by atoms with Gasteiger partial charge >= 0.3 is 0 Å². The zero-order chi connectivity index (χ0) is 12.8. The van der Waals surface area contributed by atoms with Crippen LogP contribution in [0.5, 0.6) is 0 Å². The van der Waals surface area contributed by atoms with Crippen LogP contribution in [0.1, 0.15) is 36.7 Å². The van der Waals surface area contributed by atoms with E-state index in [4.69, 9.17) is 5.73 Å². The lowest BCUT2D eigenvalue weighted by Gasteiger charge is -2.38. The molecular formula is C14H17N3O. The molecule has 94 valence electrons. The Balaban J connectivity index is 1.87. The van der Waals surface area contributed by atoms with Crippen LogP contribution in [0.4, 0.5) is 5.69 Å². The highest BCUT2D eigenvalue weighted by atomic mass is 16.2. The first-order valence-electron chi connectivity index (χ1n) is 6.27. The van der Waals surface area contributed by atoms with E-state index in [-0.39, 0.29) is 11.4 Å². The molecule has 0 radical (unpaired) electrons. The second kappa shape index (κ2) is 3.77. The minimum Gasteiger partial charge on any atom is -0.399 e. The molecule has 1 aliphatic carbocycles. The Morgan fingerprint density at radius 1 is 1.39 bits per heavy atom. The molecule has 18 heavy (non-hydrogen) atoms. The maximum atomic E-state index is 12.1. The van der Waals surface area contributed by atoms with Crippen molar-refractivity contribution in [3.05, 3.63) is 30.0 Å². The maximum absolute atomic E-state index is 12.1. The Morgan fingerprint density at radius 2 is 2.17 bits per heavy atom. The fraction of sp³-hybridized carbons (Fsp3) is 0.357. The van der Waals surface area contributed by atoms with Crippen LogP contribution >= 0.6 is 0 Å². The van der Waals surface area contributed by atoms with E-state index in [1.54, 1.807) is 0 Å². The van der Waals surface area contributed by atoms with Gasteiger partial charge in [0.15, 0.2) is 0 Å². The first-order valence-corrected chi connectivity index (χ1v) is 6.27. The van der Waals surface area contributed by atoms with Crippen molar-refractivity contribution >= 4 is 22.5 Å². The Labute approximate surface area is 106 Å². The molecule has 3 rings (SSSR count). The number of anilines is 1. The van der Waals surface area contributed by atoms with E-state index in [2.05, 4.69) is 17.2 Å². The minimum atomic E-state index is -0.0352. The van der Waals surface area contributed by atoms with Gasteiger partial charge in [0.2, 0.25) is 0 Å². The highest BCUT2D eigenvalue weighted by molar-refractivity contribution is 5.98. The number of aromatic amines is 1. The number of amides is 1. The van der Waals surface area contributed by atoms with Gasteiger partial charge in [-0.05, 0) is 50.5 Å². The zero-order valence-corrected chi connectivity index (χ0v) is 10.4. The molecule has 2 aromatic rings. The topological polar surface area (TPSA) is 70.9 Å². The van der Waals surface area contributed by atoms with E-state index in [0.717, 1.165) is 23.7 Å². The van der Waals surface area contributed by atoms with Crippen LogP contribution in [-0.2, 0) is 0 Å². The van der Waals surface area contributed by atoms with Crippen molar-refractivity contribution < 1.29 is 4.79 Å². The van der Waals surface area contributed by atoms with Crippen LogP contribution in [0.15, 0.2) is 24.3 Å². The summed E-state index contributed by atoms with van der Waals surface area (Å²) < 4.78 is 0. The van der Waals surface area contributed by atoms with Gasteiger partial charge in [0.25, 0.3) is 5.91 Å². The van der Waals surface area contributed by atoms with Crippen molar-refractivity contribution in [1.29, 1.82) is 0 Å². The predicted molar refractivity (Wildman–Crippen MR) is 72.4 cm³/mol. The Bertz CT molecular complexity index is 611. The number of fused-ring (bicyclic) bond motifs is 1. The Kier molecular flexibility index (Phi) is 2.33. The van der Waals surface area contributed by atoms with Crippen LogP contribution in [0.3, 0.4) is 0 Å². The third-order valence-electron chi connectivity index (χ3n) is 3.76. The monoisotopic (exact) mass is 243 g/mol. The summed E-state index contributed by atoms with van der Waals surface area (Å²) in [5.41, 5.74) is 7.95. The molecule has 4 heteroatoms. The normalized spacial score (nSPS) is 17.4. The smallest absolute Gasteiger partial charge is 0.268 e. The summed E-state index contributed by atoms with van der Waals surface area (Å²) in [7, 11) is 0. The number of carbonyl (C=O) groups excluding carboxylic acids is 1. The third-order valence-corrected chi connectivity index (χ3v) is 3.76. The summed E-state index contributed by atoms with van der Waals surface area (Å²) >= 11 is 0. The molecular weight excluding hydrogens is 226 g/mol. The molecule has 0 bridgehead atoms. The van der Waals surface area contributed by atoms with E-state index in [1.807, 2.05) is 24.3 Å². The molecule has 0 aliphatic heterocycles. The highest BCUT2D eigenvalue weighted by Crippen LogP contribution is 2.31. The Morgan fingerprint density at radius 3 is 2.83 bits per heavy atom. The van der Waals surface area contributed by atoms with E-state index in [9.17, 15) is 4.79 Å². The lowest BCUT2D eigenvalue weighted by molar-refractivity contribution is 0.0846. The molecule has 1 aliphatic rings. The van der Waals surface area contributed by atoms with Gasteiger partial charge in [0, 0.05) is 22.1 Å². The van der Waals surface area contributed by atoms with Gasteiger partial charge < -0.3 is 16.0 Å². The van der Waals surface area contributed by atoms with E-state index >= 15 is 0 Å². The average Bonchev–Trinajstić information content (AvgIpc) is 2.69. The van der Waals surface area contributed by atoms with E-state index in [1.165, 1.54) is 6.42 Å². The fourth-order valence-electron chi connectivity index (χ4n) is 2.45. The Hall–Kier alpha value is -1.97. The van der Waals surface area contributed by atoms with Gasteiger partial charge in [-0.2, -0.15) is 0 Å². The average molecular weight is 243 g/mol. The molecule has 1 aromatic carbocycles. The fourth-order valence-corrected chi connectivity index (χ4v) is 2.45. The van der Waals surface area contributed by atoms with Crippen molar-refractivity contribution in [2.24, 2.45) is 0 Å². The molecule has 0 spiro atoms. The predicted octanol–water partition coefficient (Wildman–Crippen LogP) is 2.42. The van der Waals surface area contributed by atoms with E-state index in [0.29, 0.717) is 11.4 Å². The number of nitrogens with two attached hydrogens (primary N) is 1. The first-order chi connectivity index (χ1) is 8.56. The standard InChI is InChI=1S/C14H17N3O/c1-14(5-2-6-14)17-13(18)12-8-9-7-10(15)3-4-11(9)16-12/h3-4,7-8,16H,2,5-6,15H2,1H3,(H,17,18). The SMILES string of the molecule is CC1(NC(=O)c2cc3cc(N)ccc3[nH]2)CCC1. The molecule has 1 fully saturated rings. The molecule has 0 unspecified atom stereocenters. The summed E-state index contributed by atoms with van der Waals surface area (Å²) in [6.45, 7) is 2.09. The summed E-state index contributed by atoms with van der Waals surface area (Å²) in [4.78, 5) is 15.3. The van der Waals surface area contributed by atoms with Gasteiger partial charge in [0.05, 0.1) is 0 Å². The van der Waals surface area contributed by atoms with Gasteiger partial charge in [-0.3, -0.25) is 4.79 Å². The lowest BCUT2D eigenvalue weighted by Crippen LogP contribution is -2.51. The third kappa shape index (κ3) is 1.83. The van der Waals surface area contributed by atoms with Crippen molar-refractivity contribution in [3.63, 3.8) is 0 Å². The van der Waals surface area contributed by atoms with Crippen LogP contribution in [-0.4, -0.2) is 16.4 Å². The summed E-state index contributed by atoms with van der Waals surface area (Å²) in [5.74, 6) is -0.0352. The maximum Gasteiger partial charge on any atom is 0.268 e. The van der Waals surface area contributed by atoms with Crippen LogP contribution in [0.25, 0.3) is 10.9 Å². The molecule has 0 saturated heterocycles. The largest absolute Gasteiger partial charge is 0.399 e. The number of carbonyl (C=O) groups is 1. The minimum absolute atomic E-state index is 0.0204. The van der Waals surface area contributed by atoms with Gasteiger partial charge in [-0.1, -0.05) is 0 Å². The van der Waals surface area contributed by atoms with Gasteiger partial charge in [-0.25, -0.2) is 0 Å². The second-order valence-electron chi connectivity index (χ2n) is 5.40. The van der Waals surface area contributed by atoms with Gasteiger partial charge in [-0.15, -0.1) is 0 Å². The van der Waals surface area contributed by atoms with E-state index < -0.39 is 0 Å². The molecule has 4 nitrogen and oxygen atoms in total. The molecule has 1 heterocycles. The molecule has 0 atom stereocenters.